The molecule has 0 radical (unpaired) electrons. The van der Waals surface area contributed by atoms with Crippen LogP contribution >= 0.6 is 0 Å². The highest BCUT2D eigenvalue weighted by Gasteiger charge is 2.00. The minimum Gasteiger partial charge on any atom is -0.255 e. The van der Waals surface area contributed by atoms with Crippen molar-refractivity contribution in [3.63, 3.8) is 0 Å². The van der Waals surface area contributed by atoms with Gasteiger partial charge in [0.2, 0.25) is 0 Å². The van der Waals surface area contributed by atoms with Crippen LogP contribution < -0.4 is 0 Å². The van der Waals surface area contributed by atoms with E-state index in [-0.39, 0.29) is 0 Å². The zero-order valence-corrected chi connectivity index (χ0v) is 28.1. The van der Waals surface area contributed by atoms with Crippen LogP contribution in [0, 0.1) is 0 Å². The Morgan fingerprint density at radius 2 is 0.744 bits per heavy atom. The third-order valence-corrected chi connectivity index (χ3v) is 8.68. The first-order valence-electron chi connectivity index (χ1n) is 18.6. The largest absolute Gasteiger partial charge is 0.255 e. The zero-order chi connectivity index (χ0) is 30.3. The van der Waals surface area contributed by atoms with Crippen molar-refractivity contribution < 1.29 is 0 Å². The molecule has 2 aromatic carbocycles. The van der Waals surface area contributed by atoms with Gasteiger partial charge in [-0.3, -0.25) is 9.98 Å². The van der Waals surface area contributed by atoms with Gasteiger partial charge >= 0.3 is 0 Å². The number of benzene rings is 2. The summed E-state index contributed by atoms with van der Waals surface area (Å²) >= 11 is 0. The van der Waals surface area contributed by atoms with E-state index in [2.05, 4.69) is 24.0 Å². The lowest BCUT2D eigenvalue weighted by molar-refractivity contribution is 0.516. The van der Waals surface area contributed by atoms with Crippen LogP contribution in [-0.4, -0.2) is 11.9 Å². The summed E-state index contributed by atoms with van der Waals surface area (Å²) in [6.45, 7) is 2.30. The number of aliphatic imine (C=N–C) groups is 2. The smallest absolute Gasteiger partial charge is 0.0633 e. The van der Waals surface area contributed by atoms with E-state index in [1.807, 2.05) is 54.7 Å². The molecule has 0 unspecified atom stereocenters. The number of para-hydroxylation sites is 2. The summed E-state index contributed by atoms with van der Waals surface area (Å²) in [5.41, 5.74) is 3.07. The molecule has 0 fully saturated rings. The van der Waals surface area contributed by atoms with Gasteiger partial charge in [-0.15, -0.1) is 0 Å². The van der Waals surface area contributed by atoms with Crippen LogP contribution in [0.3, 0.4) is 0 Å². The first kappa shape index (κ1) is 37.0. The molecule has 0 aliphatic heterocycles. The lowest BCUT2D eigenvalue weighted by Crippen LogP contribution is -1.99. The highest BCUT2D eigenvalue weighted by atomic mass is 14.8. The summed E-state index contributed by atoms with van der Waals surface area (Å²) in [6, 6.07) is 20.4. The molecule has 2 nitrogen and oxygen atoms in total. The summed E-state index contributed by atoms with van der Waals surface area (Å²) in [7, 11) is 0. The number of hydrogen-bond donors (Lipinski definition) is 0. The summed E-state index contributed by atoms with van der Waals surface area (Å²) in [6.07, 6.45) is 38.7. The van der Waals surface area contributed by atoms with Gasteiger partial charge in [-0.2, -0.15) is 0 Å². The van der Waals surface area contributed by atoms with E-state index in [0.717, 1.165) is 23.5 Å². The van der Waals surface area contributed by atoms with Crippen LogP contribution in [0.25, 0.3) is 0 Å². The molecule has 0 amide bonds. The summed E-state index contributed by atoms with van der Waals surface area (Å²) in [5.74, 6) is 0. The Kier molecular flexibility index (Phi) is 24.5. The van der Waals surface area contributed by atoms with Crippen LogP contribution in [0.2, 0.25) is 0 Å². The van der Waals surface area contributed by atoms with Crippen molar-refractivity contribution in [3.05, 3.63) is 60.7 Å². The van der Waals surface area contributed by atoms with Gasteiger partial charge in [-0.05, 0) is 37.1 Å². The molecule has 2 rings (SSSR count). The predicted octanol–water partition coefficient (Wildman–Crippen LogP) is 14.3. The maximum absolute atomic E-state index is 4.87. The van der Waals surface area contributed by atoms with E-state index in [4.69, 9.17) is 4.99 Å². The minimum absolute atomic E-state index is 0.984. The maximum Gasteiger partial charge on any atom is 0.0633 e. The predicted molar refractivity (Wildman–Crippen MR) is 194 cm³/mol. The SMILES string of the molecule is CCCCCCCCCCCCCCCCCCCCCCCCCCCC(C=Nc1ccccc1)=Nc1ccccc1. The quantitative estimate of drug-likeness (QED) is 0.0669. The maximum atomic E-state index is 4.87. The van der Waals surface area contributed by atoms with Crippen LogP contribution in [0.4, 0.5) is 11.4 Å². The molecule has 0 aromatic heterocycles. The average Bonchev–Trinajstić information content (AvgIpc) is 3.04. The molecule has 0 saturated heterocycles. The Balaban J connectivity index is 1.35. The normalized spacial score (nSPS) is 12.0. The highest BCUT2D eigenvalue weighted by molar-refractivity contribution is 6.31. The van der Waals surface area contributed by atoms with E-state index >= 15 is 0 Å². The minimum atomic E-state index is 0.984. The van der Waals surface area contributed by atoms with E-state index in [1.54, 1.807) is 0 Å². The second kappa shape index (κ2) is 28.5. The van der Waals surface area contributed by atoms with E-state index in [9.17, 15) is 0 Å². The van der Waals surface area contributed by atoms with Gasteiger partial charge in [-0.1, -0.05) is 197 Å². The summed E-state index contributed by atoms with van der Waals surface area (Å²) in [5, 5.41) is 0. The zero-order valence-electron chi connectivity index (χ0n) is 28.1. The van der Waals surface area contributed by atoms with Crippen LogP contribution in [0.15, 0.2) is 70.6 Å². The standard InChI is InChI=1S/C41H66N2/c1-2-3-4-5-6-7-8-9-10-11-12-13-14-15-16-17-18-19-20-21-22-23-24-25-28-37-41(43-40-35-31-27-32-36-40)38-42-39-33-29-26-30-34-39/h26-27,29-36,38H,2-25,28,37H2,1H3. The highest BCUT2D eigenvalue weighted by Crippen LogP contribution is 2.17. The van der Waals surface area contributed by atoms with Crippen molar-refractivity contribution in [2.24, 2.45) is 9.98 Å². The Labute approximate surface area is 267 Å². The van der Waals surface area contributed by atoms with Crippen molar-refractivity contribution in [3.8, 4) is 0 Å². The van der Waals surface area contributed by atoms with Crippen LogP contribution in [-0.2, 0) is 0 Å². The number of rotatable bonds is 29. The molecule has 43 heavy (non-hydrogen) atoms. The molecule has 0 aliphatic carbocycles. The molecule has 240 valence electrons. The van der Waals surface area contributed by atoms with Crippen LogP contribution in [0.5, 0.6) is 0 Å². The fourth-order valence-electron chi connectivity index (χ4n) is 5.93. The molecule has 0 bridgehead atoms. The fourth-order valence-corrected chi connectivity index (χ4v) is 5.93. The van der Waals surface area contributed by atoms with Gasteiger partial charge in [0.05, 0.1) is 17.1 Å². The number of hydrogen-bond acceptors (Lipinski definition) is 2. The topological polar surface area (TPSA) is 24.7 Å². The average molecular weight is 587 g/mol. The molecule has 0 saturated carbocycles. The lowest BCUT2D eigenvalue weighted by atomic mass is 10.0. The number of nitrogens with zero attached hydrogens (tertiary/aromatic N) is 2. The fraction of sp³-hybridized carbons (Fsp3) is 0.659. The van der Waals surface area contributed by atoms with Crippen molar-refractivity contribution in [1.82, 2.24) is 0 Å². The van der Waals surface area contributed by atoms with Gasteiger partial charge in [-0.25, -0.2) is 0 Å². The molecule has 2 heteroatoms. The van der Waals surface area contributed by atoms with Gasteiger partial charge in [0, 0.05) is 6.21 Å². The molecule has 0 heterocycles. The third kappa shape index (κ3) is 22.9. The lowest BCUT2D eigenvalue weighted by Gasteiger charge is -2.05. The number of unbranched alkanes of at least 4 members (excludes halogenated alkanes) is 24. The van der Waals surface area contributed by atoms with Gasteiger partial charge < -0.3 is 0 Å². The Morgan fingerprint density at radius 3 is 1.12 bits per heavy atom. The van der Waals surface area contributed by atoms with Gasteiger partial charge in [0.25, 0.3) is 0 Å². The molecular weight excluding hydrogens is 520 g/mol. The van der Waals surface area contributed by atoms with E-state index in [1.165, 1.54) is 161 Å². The summed E-state index contributed by atoms with van der Waals surface area (Å²) < 4.78 is 0. The van der Waals surface area contributed by atoms with Crippen LogP contribution in [0.1, 0.15) is 174 Å². The first-order chi connectivity index (χ1) is 21.4. The Hall–Kier alpha value is -2.22. The Bertz CT molecular complexity index is 902. The second-order valence-corrected chi connectivity index (χ2v) is 12.8. The van der Waals surface area contributed by atoms with Gasteiger partial charge in [0.15, 0.2) is 0 Å². The van der Waals surface area contributed by atoms with Crippen molar-refractivity contribution in [2.75, 3.05) is 0 Å². The third-order valence-electron chi connectivity index (χ3n) is 8.68. The monoisotopic (exact) mass is 587 g/mol. The molecule has 0 atom stereocenters. The second-order valence-electron chi connectivity index (χ2n) is 12.8. The molecule has 2 aromatic rings. The van der Waals surface area contributed by atoms with E-state index < -0.39 is 0 Å². The molecule has 0 spiro atoms. The summed E-state index contributed by atoms with van der Waals surface area (Å²) in [4.78, 5) is 9.53. The van der Waals surface area contributed by atoms with Crippen molar-refractivity contribution >= 4 is 23.3 Å². The van der Waals surface area contributed by atoms with Gasteiger partial charge in [0.1, 0.15) is 0 Å². The molecule has 0 aliphatic rings. The van der Waals surface area contributed by atoms with E-state index in [0.29, 0.717) is 0 Å². The molecular formula is C41H66N2. The van der Waals surface area contributed by atoms with Crippen molar-refractivity contribution in [1.29, 1.82) is 0 Å². The van der Waals surface area contributed by atoms with Crippen molar-refractivity contribution in [2.45, 2.75) is 174 Å². The Morgan fingerprint density at radius 1 is 0.419 bits per heavy atom. The first-order valence-corrected chi connectivity index (χ1v) is 18.6. The molecule has 0 N–H and O–H groups in total.